The lowest BCUT2D eigenvalue weighted by Gasteiger charge is -2.22. The molecule has 0 bridgehead atoms. The number of hydrogen-bond donors (Lipinski definition) is 1. The van der Waals surface area contributed by atoms with E-state index in [-0.39, 0.29) is 6.04 Å². The normalized spacial score (nSPS) is 13.8. The molecular weight excluding hydrogens is 253 g/mol. The number of pyridine rings is 1. The molecule has 19 heavy (non-hydrogen) atoms. The van der Waals surface area contributed by atoms with E-state index in [1.807, 2.05) is 0 Å². The van der Waals surface area contributed by atoms with Gasteiger partial charge in [0.1, 0.15) is 0 Å². The van der Waals surface area contributed by atoms with Gasteiger partial charge in [-0.2, -0.15) is 13.2 Å². The van der Waals surface area contributed by atoms with Crippen LogP contribution in [-0.2, 0) is 12.6 Å². The number of hydrogen-bond acceptors (Lipinski definition) is 2. The lowest BCUT2D eigenvalue weighted by atomic mass is 9.98. The molecule has 0 aliphatic rings. The molecule has 0 saturated heterocycles. The maximum atomic E-state index is 12.6. The summed E-state index contributed by atoms with van der Waals surface area (Å²) in [6.45, 7) is 7.04. The van der Waals surface area contributed by atoms with Crippen LogP contribution in [0.15, 0.2) is 18.3 Å². The summed E-state index contributed by atoms with van der Waals surface area (Å²) < 4.78 is 37.9. The van der Waals surface area contributed by atoms with Crippen LogP contribution in [0, 0.1) is 5.92 Å². The zero-order valence-corrected chi connectivity index (χ0v) is 11.6. The van der Waals surface area contributed by atoms with Crippen LogP contribution in [0.1, 0.15) is 38.4 Å². The molecule has 0 aliphatic heterocycles. The van der Waals surface area contributed by atoms with Crippen LogP contribution in [0.4, 0.5) is 13.2 Å². The quantitative estimate of drug-likeness (QED) is 0.856. The average Bonchev–Trinajstić information content (AvgIpc) is 2.33. The lowest BCUT2D eigenvalue weighted by molar-refractivity contribution is -0.137. The van der Waals surface area contributed by atoms with Gasteiger partial charge in [-0.15, -0.1) is 0 Å². The molecule has 1 aromatic heterocycles. The highest BCUT2D eigenvalue weighted by atomic mass is 19.4. The first-order valence-electron chi connectivity index (χ1n) is 6.60. The number of nitrogens with zero attached hydrogens (tertiary/aromatic N) is 1. The highest BCUT2D eigenvalue weighted by molar-refractivity contribution is 5.20. The first-order chi connectivity index (χ1) is 8.84. The van der Waals surface area contributed by atoms with Gasteiger partial charge in [-0.3, -0.25) is 4.98 Å². The van der Waals surface area contributed by atoms with Crippen molar-refractivity contribution < 1.29 is 13.2 Å². The number of alkyl halides is 3. The molecule has 108 valence electrons. The smallest absolute Gasteiger partial charge is 0.313 e. The van der Waals surface area contributed by atoms with Crippen LogP contribution in [0.25, 0.3) is 0 Å². The maximum Gasteiger partial charge on any atom is 0.416 e. The van der Waals surface area contributed by atoms with Crippen molar-refractivity contribution in [2.24, 2.45) is 5.92 Å². The van der Waals surface area contributed by atoms with Gasteiger partial charge >= 0.3 is 6.18 Å². The maximum absolute atomic E-state index is 12.6. The molecule has 1 N–H and O–H groups in total. The van der Waals surface area contributed by atoms with Crippen LogP contribution >= 0.6 is 0 Å². The molecule has 0 radical (unpaired) electrons. The van der Waals surface area contributed by atoms with E-state index < -0.39 is 11.7 Å². The summed E-state index contributed by atoms with van der Waals surface area (Å²) in [5.74, 6) is 0.350. The van der Waals surface area contributed by atoms with E-state index in [2.05, 4.69) is 31.1 Å². The minimum absolute atomic E-state index is 0.149. The van der Waals surface area contributed by atoms with E-state index >= 15 is 0 Å². The molecule has 1 unspecified atom stereocenters. The summed E-state index contributed by atoms with van der Waals surface area (Å²) in [5.41, 5.74) is -0.146. The van der Waals surface area contributed by atoms with Gasteiger partial charge in [0.2, 0.25) is 0 Å². The van der Waals surface area contributed by atoms with Crippen molar-refractivity contribution in [1.29, 1.82) is 0 Å². The second-order valence-electron chi connectivity index (χ2n) is 5.04. The Morgan fingerprint density at radius 1 is 1.32 bits per heavy atom. The van der Waals surface area contributed by atoms with Crippen molar-refractivity contribution in [3.8, 4) is 0 Å². The topological polar surface area (TPSA) is 24.9 Å². The van der Waals surface area contributed by atoms with E-state index in [9.17, 15) is 13.2 Å². The number of nitrogens with one attached hydrogen (secondary N) is 1. The molecule has 1 heterocycles. The summed E-state index contributed by atoms with van der Waals surface area (Å²) in [5, 5.41) is 3.35. The zero-order chi connectivity index (χ0) is 14.5. The predicted molar refractivity (Wildman–Crippen MR) is 69.9 cm³/mol. The Morgan fingerprint density at radius 3 is 2.53 bits per heavy atom. The van der Waals surface area contributed by atoms with Gasteiger partial charge in [0, 0.05) is 24.4 Å². The Labute approximate surface area is 112 Å². The van der Waals surface area contributed by atoms with Gasteiger partial charge in [-0.05, 0) is 31.0 Å². The van der Waals surface area contributed by atoms with Crippen LogP contribution in [0.5, 0.6) is 0 Å². The van der Waals surface area contributed by atoms with Crippen LogP contribution < -0.4 is 5.32 Å². The molecule has 2 nitrogen and oxygen atoms in total. The van der Waals surface area contributed by atoms with E-state index in [1.165, 1.54) is 6.20 Å². The van der Waals surface area contributed by atoms with E-state index in [0.29, 0.717) is 18.0 Å². The van der Waals surface area contributed by atoms with E-state index in [0.717, 1.165) is 25.1 Å². The fourth-order valence-electron chi connectivity index (χ4n) is 1.86. The number of rotatable bonds is 6. The molecule has 0 saturated carbocycles. The molecule has 5 heteroatoms. The molecule has 0 amide bonds. The van der Waals surface area contributed by atoms with Gasteiger partial charge < -0.3 is 5.32 Å². The van der Waals surface area contributed by atoms with Crippen LogP contribution in [0.3, 0.4) is 0 Å². The zero-order valence-electron chi connectivity index (χ0n) is 11.6. The van der Waals surface area contributed by atoms with Crippen LogP contribution in [-0.4, -0.2) is 17.6 Å². The minimum Gasteiger partial charge on any atom is -0.313 e. The third kappa shape index (κ3) is 5.19. The van der Waals surface area contributed by atoms with E-state index in [1.54, 1.807) is 0 Å². The van der Waals surface area contributed by atoms with Crippen molar-refractivity contribution in [2.45, 2.75) is 45.8 Å². The SMILES string of the molecule is CCCNC(Cc1cc(C(F)(F)F)ccn1)C(C)C. The summed E-state index contributed by atoms with van der Waals surface area (Å²) in [4.78, 5) is 4.04. The Balaban J connectivity index is 2.79. The average molecular weight is 274 g/mol. The fourth-order valence-corrected chi connectivity index (χ4v) is 1.86. The molecule has 0 fully saturated rings. The first-order valence-corrected chi connectivity index (χ1v) is 6.60. The molecule has 0 aromatic carbocycles. The highest BCUT2D eigenvalue weighted by Crippen LogP contribution is 2.29. The van der Waals surface area contributed by atoms with Gasteiger partial charge in [-0.25, -0.2) is 0 Å². The predicted octanol–water partition coefficient (Wildman–Crippen LogP) is 3.67. The Hall–Kier alpha value is -1.10. The summed E-state index contributed by atoms with van der Waals surface area (Å²) in [7, 11) is 0. The van der Waals surface area contributed by atoms with Crippen molar-refractivity contribution >= 4 is 0 Å². The summed E-state index contributed by atoms with van der Waals surface area (Å²) in [6.07, 6.45) is -1.56. The summed E-state index contributed by atoms with van der Waals surface area (Å²) in [6, 6.07) is 2.30. The van der Waals surface area contributed by atoms with Crippen molar-refractivity contribution in [2.75, 3.05) is 6.54 Å². The Morgan fingerprint density at radius 2 is 2.00 bits per heavy atom. The minimum atomic E-state index is -4.30. The highest BCUT2D eigenvalue weighted by Gasteiger charge is 2.30. The molecule has 0 aliphatic carbocycles. The van der Waals surface area contributed by atoms with Gasteiger partial charge in [0.15, 0.2) is 0 Å². The Kier molecular flexibility index (Phi) is 5.79. The Bertz CT molecular complexity index is 389. The van der Waals surface area contributed by atoms with Crippen LogP contribution in [0.2, 0.25) is 0 Å². The third-order valence-electron chi connectivity index (χ3n) is 3.03. The molecule has 1 atom stereocenters. The van der Waals surface area contributed by atoms with Gasteiger partial charge in [0.05, 0.1) is 5.56 Å². The molecule has 1 rings (SSSR count). The van der Waals surface area contributed by atoms with Crippen molar-refractivity contribution in [3.05, 3.63) is 29.6 Å². The van der Waals surface area contributed by atoms with Gasteiger partial charge in [-0.1, -0.05) is 20.8 Å². The van der Waals surface area contributed by atoms with E-state index in [4.69, 9.17) is 0 Å². The second kappa shape index (κ2) is 6.89. The second-order valence-corrected chi connectivity index (χ2v) is 5.04. The first kappa shape index (κ1) is 16.0. The largest absolute Gasteiger partial charge is 0.416 e. The standard InChI is InChI=1S/C14H21F3N2/c1-4-6-19-13(10(2)3)9-12-8-11(5-7-18-12)14(15,16)17/h5,7-8,10,13,19H,4,6,9H2,1-3H3. The molecular formula is C14H21F3N2. The lowest BCUT2D eigenvalue weighted by Crippen LogP contribution is -2.36. The van der Waals surface area contributed by atoms with Gasteiger partial charge in [0.25, 0.3) is 0 Å². The third-order valence-corrected chi connectivity index (χ3v) is 3.03. The van der Waals surface area contributed by atoms with Crippen molar-refractivity contribution in [3.63, 3.8) is 0 Å². The fraction of sp³-hybridized carbons (Fsp3) is 0.643. The monoisotopic (exact) mass is 274 g/mol. The number of halogens is 3. The van der Waals surface area contributed by atoms with Crippen molar-refractivity contribution in [1.82, 2.24) is 10.3 Å². The molecule has 0 spiro atoms. The summed E-state index contributed by atoms with van der Waals surface area (Å²) >= 11 is 0. The number of aromatic nitrogens is 1. The molecule has 1 aromatic rings.